The van der Waals surface area contributed by atoms with E-state index in [4.69, 9.17) is 4.74 Å². The third kappa shape index (κ3) is 2.15. The molecule has 1 aliphatic heterocycles. The predicted molar refractivity (Wildman–Crippen MR) is 52.4 cm³/mol. The van der Waals surface area contributed by atoms with Gasteiger partial charge < -0.3 is 10.1 Å². The van der Waals surface area contributed by atoms with E-state index in [1.165, 1.54) is 0 Å². The Kier molecular flexibility index (Phi) is 2.44. The molecule has 1 saturated heterocycles. The molecule has 1 amide bonds. The van der Waals surface area contributed by atoms with E-state index in [1.54, 1.807) is 6.92 Å². The Hall–Kier alpha value is -1.43. The Bertz CT molecular complexity index is 370. The van der Waals surface area contributed by atoms with E-state index in [0.717, 1.165) is 0 Å². The number of nitrogens with one attached hydrogen (secondary N) is 2. The molecule has 2 rings (SSSR count). The molecule has 0 aliphatic carbocycles. The molecule has 0 aromatic carbocycles. The van der Waals surface area contributed by atoms with Gasteiger partial charge in [-0.1, -0.05) is 6.92 Å². The Morgan fingerprint density at radius 3 is 2.87 bits per heavy atom. The van der Waals surface area contributed by atoms with Crippen LogP contribution in [0, 0.1) is 12.3 Å². The number of aromatic amines is 1. The van der Waals surface area contributed by atoms with Gasteiger partial charge in [-0.2, -0.15) is 0 Å². The number of aryl methyl sites for hydroxylation is 1. The lowest BCUT2D eigenvalue weighted by molar-refractivity contribution is -0.0978. The van der Waals surface area contributed by atoms with E-state index in [-0.39, 0.29) is 17.1 Å². The van der Waals surface area contributed by atoms with Crippen LogP contribution in [-0.2, 0) is 4.74 Å². The molecule has 0 spiro atoms. The van der Waals surface area contributed by atoms with Gasteiger partial charge in [-0.3, -0.25) is 9.89 Å². The number of amides is 1. The number of aromatic nitrogens is 3. The van der Waals surface area contributed by atoms with Crippen LogP contribution < -0.4 is 5.32 Å². The van der Waals surface area contributed by atoms with Gasteiger partial charge in [0.05, 0.1) is 13.2 Å². The fourth-order valence-corrected chi connectivity index (χ4v) is 1.37. The summed E-state index contributed by atoms with van der Waals surface area (Å²) in [7, 11) is 0. The highest BCUT2D eigenvalue weighted by atomic mass is 16.5. The number of hydrogen-bond donors (Lipinski definition) is 2. The predicted octanol–water partition coefficient (Wildman–Crippen LogP) is -0.121. The van der Waals surface area contributed by atoms with Crippen LogP contribution in [0.15, 0.2) is 0 Å². The second kappa shape index (κ2) is 3.62. The largest absolute Gasteiger partial charge is 0.380 e. The molecular formula is C9H14N4O2. The minimum Gasteiger partial charge on any atom is -0.380 e. The molecule has 2 N–H and O–H groups in total. The standard InChI is InChI=1S/C9H14N4O2/c1-6-11-7(13-12-6)8(14)10-3-9(2)4-15-5-9/h3-5H2,1-2H3,(H,10,14)(H,11,12,13). The lowest BCUT2D eigenvalue weighted by Gasteiger charge is -2.37. The first-order chi connectivity index (χ1) is 7.09. The van der Waals surface area contributed by atoms with E-state index in [9.17, 15) is 4.79 Å². The van der Waals surface area contributed by atoms with Gasteiger partial charge in [0.2, 0.25) is 5.82 Å². The molecule has 0 atom stereocenters. The van der Waals surface area contributed by atoms with Crippen LogP contribution in [0.25, 0.3) is 0 Å². The lowest BCUT2D eigenvalue weighted by atomic mass is 9.89. The lowest BCUT2D eigenvalue weighted by Crippen LogP contribution is -2.48. The van der Waals surface area contributed by atoms with Crippen LogP contribution in [0.4, 0.5) is 0 Å². The summed E-state index contributed by atoms with van der Waals surface area (Å²) < 4.78 is 5.09. The maximum atomic E-state index is 11.5. The maximum absolute atomic E-state index is 11.5. The third-order valence-corrected chi connectivity index (χ3v) is 2.38. The Labute approximate surface area is 87.4 Å². The van der Waals surface area contributed by atoms with Crippen LogP contribution in [0.2, 0.25) is 0 Å². The van der Waals surface area contributed by atoms with E-state index < -0.39 is 0 Å². The van der Waals surface area contributed by atoms with Crippen molar-refractivity contribution in [2.75, 3.05) is 19.8 Å². The molecule has 1 fully saturated rings. The molecular weight excluding hydrogens is 196 g/mol. The summed E-state index contributed by atoms with van der Waals surface area (Å²) in [5.74, 6) is 0.585. The van der Waals surface area contributed by atoms with Crippen molar-refractivity contribution in [2.24, 2.45) is 5.41 Å². The van der Waals surface area contributed by atoms with Crippen LogP contribution in [0.1, 0.15) is 23.4 Å². The average molecular weight is 210 g/mol. The van der Waals surface area contributed by atoms with Gasteiger partial charge in [-0.25, -0.2) is 4.98 Å². The monoisotopic (exact) mass is 210 g/mol. The first-order valence-electron chi connectivity index (χ1n) is 4.84. The normalized spacial score (nSPS) is 18.3. The van der Waals surface area contributed by atoms with Crippen molar-refractivity contribution in [3.8, 4) is 0 Å². The van der Waals surface area contributed by atoms with Gasteiger partial charge >= 0.3 is 0 Å². The number of H-pyrrole nitrogens is 1. The number of carbonyl (C=O) groups is 1. The second-order valence-corrected chi connectivity index (χ2v) is 4.23. The van der Waals surface area contributed by atoms with Crippen LogP contribution in [-0.4, -0.2) is 40.8 Å². The van der Waals surface area contributed by atoms with Crippen molar-refractivity contribution in [2.45, 2.75) is 13.8 Å². The highest BCUT2D eigenvalue weighted by Crippen LogP contribution is 2.24. The van der Waals surface area contributed by atoms with Crippen LogP contribution >= 0.6 is 0 Å². The molecule has 6 nitrogen and oxygen atoms in total. The number of carbonyl (C=O) groups excluding carboxylic acids is 1. The first-order valence-corrected chi connectivity index (χ1v) is 4.84. The molecule has 0 saturated carbocycles. The number of hydrogen-bond acceptors (Lipinski definition) is 4. The van der Waals surface area contributed by atoms with E-state index in [0.29, 0.717) is 25.6 Å². The summed E-state index contributed by atoms with van der Waals surface area (Å²) in [5, 5.41) is 9.20. The minimum absolute atomic E-state index is 0.0704. The fraction of sp³-hybridized carbons (Fsp3) is 0.667. The summed E-state index contributed by atoms with van der Waals surface area (Å²) in [5.41, 5.74) is 0.0704. The highest BCUT2D eigenvalue weighted by Gasteiger charge is 2.33. The Morgan fingerprint density at radius 2 is 2.40 bits per heavy atom. The first kappa shape index (κ1) is 10.1. The topological polar surface area (TPSA) is 79.9 Å². The smallest absolute Gasteiger partial charge is 0.290 e. The second-order valence-electron chi connectivity index (χ2n) is 4.23. The zero-order valence-electron chi connectivity index (χ0n) is 8.83. The SMILES string of the molecule is Cc1nc(C(=O)NCC2(C)COC2)n[nH]1. The molecule has 0 radical (unpaired) electrons. The van der Waals surface area contributed by atoms with Crippen molar-refractivity contribution >= 4 is 5.91 Å². The van der Waals surface area contributed by atoms with Crippen LogP contribution in [0.5, 0.6) is 0 Å². The zero-order valence-corrected chi connectivity index (χ0v) is 8.83. The number of nitrogens with zero attached hydrogens (tertiary/aromatic N) is 2. The quantitative estimate of drug-likeness (QED) is 0.728. The maximum Gasteiger partial charge on any atom is 0.290 e. The number of rotatable bonds is 3. The fourth-order valence-electron chi connectivity index (χ4n) is 1.37. The Balaban J connectivity index is 1.87. The number of ether oxygens (including phenoxy) is 1. The molecule has 1 aromatic rings. The van der Waals surface area contributed by atoms with E-state index in [2.05, 4.69) is 27.4 Å². The molecule has 2 heterocycles. The summed E-state index contributed by atoms with van der Waals surface area (Å²) in [4.78, 5) is 15.5. The molecule has 0 bridgehead atoms. The van der Waals surface area contributed by atoms with Crippen molar-refractivity contribution < 1.29 is 9.53 Å². The summed E-state index contributed by atoms with van der Waals surface area (Å²) >= 11 is 0. The van der Waals surface area contributed by atoms with Gasteiger partial charge in [0.25, 0.3) is 5.91 Å². The Morgan fingerprint density at radius 1 is 1.67 bits per heavy atom. The molecule has 1 aliphatic rings. The van der Waals surface area contributed by atoms with Gasteiger partial charge in [-0.05, 0) is 6.92 Å². The molecule has 15 heavy (non-hydrogen) atoms. The summed E-state index contributed by atoms with van der Waals surface area (Å²) in [6.07, 6.45) is 0. The average Bonchev–Trinajstić information content (AvgIpc) is 2.58. The zero-order chi connectivity index (χ0) is 10.9. The molecule has 1 aromatic heterocycles. The van der Waals surface area contributed by atoms with Crippen molar-refractivity contribution in [3.63, 3.8) is 0 Å². The van der Waals surface area contributed by atoms with Gasteiger partial charge in [0, 0.05) is 12.0 Å². The molecule has 0 unspecified atom stereocenters. The van der Waals surface area contributed by atoms with Crippen LogP contribution in [0.3, 0.4) is 0 Å². The van der Waals surface area contributed by atoms with E-state index in [1.807, 2.05) is 0 Å². The van der Waals surface area contributed by atoms with Gasteiger partial charge in [0.1, 0.15) is 5.82 Å². The van der Waals surface area contributed by atoms with Crippen molar-refractivity contribution in [1.82, 2.24) is 20.5 Å². The van der Waals surface area contributed by atoms with Crippen molar-refractivity contribution in [1.29, 1.82) is 0 Å². The van der Waals surface area contributed by atoms with Gasteiger partial charge in [0.15, 0.2) is 0 Å². The minimum atomic E-state index is -0.243. The summed E-state index contributed by atoms with van der Waals surface area (Å²) in [6.45, 7) is 5.81. The summed E-state index contributed by atoms with van der Waals surface area (Å²) in [6, 6.07) is 0. The molecule has 82 valence electrons. The highest BCUT2D eigenvalue weighted by molar-refractivity contribution is 5.90. The van der Waals surface area contributed by atoms with Crippen molar-refractivity contribution in [3.05, 3.63) is 11.6 Å². The third-order valence-electron chi connectivity index (χ3n) is 2.38. The molecule has 6 heteroatoms. The van der Waals surface area contributed by atoms with Gasteiger partial charge in [-0.15, -0.1) is 5.10 Å². The van der Waals surface area contributed by atoms with E-state index >= 15 is 0 Å².